The van der Waals surface area contributed by atoms with Crippen molar-refractivity contribution in [3.8, 4) is 5.75 Å². The van der Waals surface area contributed by atoms with E-state index in [1.807, 2.05) is 44.2 Å². The van der Waals surface area contributed by atoms with Gasteiger partial charge in [-0.05, 0) is 49.6 Å². The zero-order valence-corrected chi connectivity index (χ0v) is 14.3. The molecular formula is C21H23NO2. The molecule has 0 bridgehead atoms. The van der Waals surface area contributed by atoms with Crippen LogP contribution in [0.15, 0.2) is 66.8 Å². The van der Waals surface area contributed by atoms with E-state index in [1.165, 1.54) is 11.6 Å². The lowest BCUT2D eigenvalue weighted by Gasteiger charge is -2.12. The van der Waals surface area contributed by atoms with Gasteiger partial charge in [-0.2, -0.15) is 0 Å². The van der Waals surface area contributed by atoms with Gasteiger partial charge in [0.15, 0.2) is 0 Å². The van der Waals surface area contributed by atoms with Crippen LogP contribution in [0.5, 0.6) is 5.75 Å². The standard InChI is InChI=1S/C21H23NO2/c1-15(2)24-19-13-11-18(12-14-19)20(5-4-6-21(22)23)17-9-7-16(3)8-10-17/h4-15H,1-3H3,(H2,22,23). The van der Waals surface area contributed by atoms with E-state index in [-0.39, 0.29) is 6.10 Å². The number of allylic oxidation sites excluding steroid dienone is 2. The van der Waals surface area contributed by atoms with Gasteiger partial charge < -0.3 is 10.5 Å². The van der Waals surface area contributed by atoms with Crippen LogP contribution in [0.3, 0.4) is 0 Å². The zero-order chi connectivity index (χ0) is 17.5. The molecule has 2 rings (SSSR count). The molecule has 0 fully saturated rings. The molecule has 0 radical (unpaired) electrons. The van der Waals surface area contributed by atoms with Crippen LogP contribution in [0.2, 0.25) is 0 Å². The van der Waals surface area contributed by atoms with E-state index >= 15 is 0 Å². The van der Waals surface area contributed by atoms with Crippen LogP contribution in [0.25, 0.3) is 5.57 Å². The van der Waals surface area contributed by atoms with Crippen LogP contribution in [0.1, 0.15) is 30.5 Å². The highest BCUT2D eigenvalue weighted by molar-refractivity contribution is 5.87. The molecule has 2 N–H and O–H groups in total. The quantitative estimate of drug-likeness (QED) is 0.638. The molecule has 0 unspecified atom stereocenters. The van der Waals surface area contributed by atoms with Crippen molar-refractivity contribution in [1.82, 2.24) is 0 Å². The molecule has 0 saturated heterocycles. The van der Waals surface area contributed by atoms with Crippen molar-refractivity contribution in [1.29, 1.82) is 0 Å². The van der Waals surface area contributed by atoms with Gasteiger partial charge in [-0.1, -0.05) is 54.1 Å². The van der Waals surface area contributed by atoms with Crippen molar-refractivity contribution in [2.24, 2.45) is 5.73 Å². The molecule has 2 aromatic carbocycles. The van der Waals surface area contributed by atoms with Crippen LogP contribution in [0, 0.1) is 6.92 Å². The summed E-state index contributed by atoms with van der Waals surface area (Å²) >= 11 is 0. The Morgan fingerprint density at radius 2 is 1.54 bits per heavy atom. The summed E-state index contributed by atoms with van der Waals surface area (Å²) in [7, 11) is 0. The fourth-order valence-corrected chi connectivity index (χ4v) is 2.32. The molecule has 0 aromatic heterocycles. The fraction of sp³-hybridized carbons (Fsp3) is 0.190. The number of nitrogens with two attached hydrogens (primary N) is 1. The van der Waals surface area contributed by atoms with Crippen molar-refractivity contribution in [2.75, 3.05) is 0 Å². The SMILES string of the molecule is Cc1ccc(C(=CC=CC(N)=O)c2ccc(OC(C)C)cc2)cc1. The highest BCUT2D eigenvalue weighted by Crippen LogP contribution is 2.26. The summed E-state index contributed by atoms with van der Waals surface area (Å²) in [6.07, 6.45) is 5.07. The predicted octanol–water partition coefficient (Wildman–Crippen LogP) is 4.26. The highest BCUT2D eigenvalue weighted by atomic mass is 16.5. The molecule has 0 spiro atoms. The molecule has 2 aromatic rings. The lowest BCUT2D eigenvalue weighted by atomic mass is 9.96. The Morgan fingerprint density at radius 1 is 1.00 bits per heavy atom. The van der Waals surface area contributed by atoms with E-state index < -0.39 is 5.91 Å². The highest BCUT2D eigenvalue weighted by Gasteiger charge is 2.05. The number of primary amides is 1. The largest absolute Gasteiger partial charge is 0.491 e. The van der Waals surface area contributed by atoms with Crippen molar-refractivity contribution < 1.29 is 9.53 Å². The van der Waals surface area contributed by atoms with Crippen molar-refractivity contribution in [3.63, 3.8) is 0 Å². The number of ether oxygens (including phenoxy) is 1. The van der Waals surface area contributed by atoms with Crippen molar-refractivity contribution >= 4 is 11.5 Å². The zero-order valence-electron chi connectivity index (χ0n) is 14.3. The van der Waals surface area contributed by atoms with E-state index in [1.54, 1.807) is 6.08 Å². The third-order valence-corrected chi connectivity index (χ3v) is 3.42. The number of aryl methyl sites for hydroxylation is 1. The minimum atomic E-state index is -0.463. The molecule has 0 aliphatic heterocycles. The number of carbonyl (C=O) groups is 1. The van der Waals surface area contributed by atoms with Gasteiger partial charge in [-0.25, -0.2) is 0 Å². The summed E-state index contributed by atoms with van der Waals surface area (Å²) in [5.74, 6) is 0.375. The minimum absolute atomic E-state index is 0.140. The summed E-state index contributed by atoms with van der Waals surface area (Å²) in [4.78, 5) is 10.9. The Hall–Kier alpha value is -2.81. The predicted molar refractivity (Wildman–Crippen MR) is 98.8 cm³/mol. The molecule has 0 atom stereocenters. The first-order valence-corrected chi connectivity index (χ1v) is 7.97. The van der Waals surface area contributed by atoms with Gasteiger partial charge in [0.2, 0.25) is 5.91 Å². The molecule has 124 valence electrons. The number of benzene rings is 2. The minimum Gasteiger partial charge on any atom is -0.491 e. The van der Waals surface area contributed by atoms with E-state index in [9.17, 15) is 4.79 Å². The van der Waals surface area contributed by atoms with Gasteiger partial charge in [0.25, 0.3) is 0 Å². The Balaban J connectivity index is 2.38. The first kappa shape index (κ1) is 17.5. The molecule has 3 nitrogen and oxygen atoms in total. The molecule has 1 amide bonds. The Bertz CT molecular complexity index is 738. The average molecular weight is 321 g/mol. The average Bonchev–Trinajstić information content (AvgIpc) is 2.53. The summed E-state index contributed by atoms with van der Waals surface area (Å²) in [6.45, 7) is 6.05. The molecule has 3 heteroatoms. The first-order valence-electron chi connectivity index (χ1n) is 7.97. The van der Waals surface area contributed by atoms with Crippen LogP contribution in [-0.4, -0.2) is 12.0 Å². The summed E-state index contributed by atoms with van der Waals surface area (Å²) in [5.41, 5.74) is 9.51. The summed E-state index contributed by atoms with van der Waals surface area (Å²) in [5, 5.41) is 0. The monoisotopic (exact) mass is 321 g/mol. The maximum atomic E-state index is 10.9. The number of carbonyl (C=O) groups excluding carboxylic acids is 1. The lowest BCUT2D eigenvalue weighted by Crippen LogP contribution is -2.05. The maximum absolute atomic E-state index is 10.9. The smallest absolute Gasteiger partial charge is 0.241 e. The molecule has 0 heterocycles. The van der Waals surface area contributed by atoms with Crippen molar-refractivity contribution in [3.05, 3.63) is 83.4 Å². The van der Waals surface area contributed by atoms with E-state index in [0.717, 1.165) is 22.4 Å². The van der Waals surface area contributed by atoms with Crippen molar-refractivity contribution in [2.45, 2.75) is 26.9 Å². The molecule has 24 heavy (non-hydrogen) atoms. The van der Waals surface area contributed by atoms with Gasteiger partial charge in [0.1, 0.15) is 5.75 Å². The van der Waals surface area contributed by atoms with Gasteiger partial charge >= 0.3 is 0 Å². The second-order valence-corrected chi connectivity index (χ2v) is 5.90. The normalized spacial score (nSPS) is 11.9. The number of rotatable bonds is 6. The molecule has 0 aliphatic carbocycles. The Kier molecular flexibility index (Phi) is 5.96. The van der Waals surface area contributed by atoms with Gasteiger partial charge in [0.05, 0.1) is 6.10 Å². The van der Waals surface area contributed by atoms with Crippen LogP contribution in [0.4, 0.5) is 0 Å². The number of hydrogen-bond donors (Lipinski definition) is 1. The molecule has 0 saturated carbocycles. The number of hydrogen-bond acceptors (Lipinski definition) is 2. The van der Waals surface area contributed by atoms with E-state index in [2.05, 4.69) is 31.2 Å². The Labute approximate surface area is 143 Å². The summed E-state index contributed by atoms with van der Waals surface area (Å²) in [6, 6.07) is 16.2. The second kappa shape index (κ2) is 8.16. The third kappa shape index (κ3) is 5.13. The van der Waals surface area contributed by atoms with E-state index in [0.29, 0.717) is 0 Å². The van der Waals surface area contributed by atoms with Crippen LogP contribution >= 0.6 is 0 Å². The first-order chi connectivity index (χ1) is 11.5. The maximum Gasteiger partial charge on any atom is 0.241 e. The fourth-order valence-electron chi connectivity index (χ4n) is 2.32. The van der Waals surface area contributed by atoms with Crippen LogP contribution in [-0.2, 0) is 4.79 Å². The second-order valence-electron chi connectivity index (χ2n) is 5.90. The number of amides is 1. The molecule has 0 aliphatic rings. The lowest BCUT2D eigenvalue weighted by molar-refractivity contribution is -0.113. The van der Waals surface area contributed by atoms with Gasteiger partial charge in [-0.3, -0.25) is 4.79 Å². The van der Waals surface area contributed by atoms with E-state index in [4.69, 9.17) is 10.5 Å². The molecular weight excluding hydrogens is 298 g/mol. The summed E-state index contributed by atoms with van der Waals surface area (Å²) < 4.78 is 5.69. The van der Waals surface area contributed by atoms with Gasteiger partial charge in [-0.15, -0.1) is 0 Å². The Morgan fingerprint density at radius 3 is 2.04 bits per heavy atom. The van der Waals surface area contributed by atoms with Crippen LogP contribution < -0.4 is 10.5 Å². The van der Waals surface area contributed by atoms with Gasteiger partial charge in [0, 0.05) is 6.08 Å². The topological polar surface area (TPSA) is 52.3 Å². The third-order valence-electron chi connectivity index (χ3n) is 3.42.